The van der Waals surface area contributed by atoms with Crippen LogP contribution in [0.5, 0.6) is 0 Å². The normalized spacial score (nSPS) is 46.8. The summed E-state index contributed by atoms with van der Waals surface area (Å²) in [6, 6.07) is 0. The smallest absolute Gasteiger partial charge is 0.111 e. The van der Waals surface area contributed by atoms with E-state index in [-0.39, 0.29) is 5.92 Å². The van der Waals surface area contributed by atoms with Crippen molar-refractivity contribution < 1.29 is 20.1 Å². The van der Waals surface area contributed by atoms with Crippen LogP contribution in [0.4, 0.5) is 0 Å². The zero-order chi connectivity index (χ0) is 10.2. The van der Waals surface area contributed by atoms with Gasteiger partial charge in [0.1, 0.15) is 18.3 Å². The summed E-state index contributed by atoms with van der Waals surface area (Å²) < 4.78 is 5.38. The fourth-order valence-electron chi connectivity index (χ4n) is 1.63. The van der Waals surface area contributed by atoms with Crippen LogP contribution < -0.4 is 0 Å². The lowest BCUT2D eigenvalue weighted by molar-refractivity contribution is -0.226. The fraction of sp³-hybridized carbons (Fsp3) is 1.00. The van der Waals surface area contributed by atoms with Crippen LogP contribution >= 0.6 is 0 Å². The molecule has 1 saturated heterocycles. The SMILES string of the molecule is CC(C)[C@@H]1O[C@@H](C)[C@@H](O)[C@H](O)C1O. The maximum Gasteiger partial charge on any atom is 0.111 e. The minimum atomic E-state index is -1.10. The lowest BCUT2D eigenvalue weighted by atomic mass is 9.90. The van der Waals surface area contributed by atoms with Crippen molar-refractivity contribution in [3.63, 3.8) is 0 Å². The second-order valence-corrected chi connectivity index (χ2v) is 4.02. The third kappa shape index (κ3) is 2.02. The van der Waals surface area contributed by atoms with Crippen molar-refractivity contribution in [2.24, 2.45) is 5.92 Å². The quantitative estimate of drug-likeness (QED) is 0.522. The van der Waals surface area contributed by atoms with Crippen LogP contribution in [-0.2, 0) is 4.74 Å². The van der Waals surface area contributed by atoms with E-state index in [1.807, 2.05) is 13.8 Å². The van der Waals surface area contributed by atoms with E-state index >= 15 is 0 Å². The van der Waals surface area contributed by atoms with Crippen LogP contribution in [0.15, 0.2) is 0 Å². The Labute approximate surface area is 78.1 Å². The van der Waals surface area contributed by atoms with E-state index in [1.54, 1.807) is 6.92 Å². The lowest BCUT2D eigenvalue weighted by Gasteiger charge is -2.41. The monoisotopic (exact) mass is 190 g/mol. The van der Waals surface area contributed by atoms with Crippen LogP contribution in [-0.4, -0.2) is 45.8 Å². The maximum absolute atomic E-state index is 9.56. The first-order chi connectivity index (χ1) is 5.95. The summed E-state index contributed by atoms with van der Waals surface area (Å²) >= 11 is 0. The first-order valence-corrected chi connectivity index (χ1v) is 4.64. The van der Waals surface area contributed by atoms with Gasteiger partial charge in [-0.1, -0.05) is 13.8 Å². The number of hydrogen-bond acceptors (Lipinski definition) is 4. The van der Waals surface area contributed by atoms with Crippen molar-refractivity contribution >= 4 is 0 Å². The Balaban J connectivity index is 2.70. The molecule has 4 nitrogen and oxygen atoms in total. The number of aliphatic hydroxyl groups is 3. The minimum absolute atomic E-state index is 0.125. The molecule has 1 aliphatic heterocycles. The topological polar surface area (TPSA) is 69.9 Å². The molecule has 1 aliphatic rings. The second kappa shape index (κ2) is 3.92. The van der Waals surface area contributed by atoms with Gasteiger partial charge in [-0.05, 0) is 12.8 Å². The van der Waals surface area contributed by atoms with Gasteiger partial charge in [0, 0.05) is 0 Å². The molecular weight excluding hydrogens is 172 g/mol. The van der Waals surface area contributed by atoms with Crippen LogP contribution in [0.3, 0.4) is 0 Å². The molecule has 0 spiro atoms. The molecule has 1 unspecified atom stereocenters. The highest BCUT2D eigenvalue weighted by molar-refractivity contribution is 4.91. The van der Waals surface area contributed by atoms with Crippen molar-refractivity contribution in [2.75, 3.05) is 0 Å². The van der Waals surface area contributed by atoms with Crippen molar-refractivity contribution in [2.45, 2.75) is 51.3 Å². The third-order valence-electron chi connectivity index (χ3n) is 2.55. The van der Waals surface area contributed by atoms with Crippen molar-refractivity contribution in [3.8, 4) is 0 Å². The molecule has 0 radical (unpaired) electrons. The number of rotatable bonds is 1. The second-order valence-electron chi connectivity index (χ2n) is 4.02. The van der Waals surface area contributed by atoms with E-state index in [4.69, 9.17) is 4.74 Å². The first-order valence-electron chi connectivity index (χ1n) is 4.64. The van der Waals surface area contributed by atoms with Crippen molar-refractivity contribution in [1.82, 2.24) is 0 Å². The highest BCUT2D eigenvalue weighted by Gasteiger charge is 2.42. The molecule has 0 aromatic carbocycles. The van der Waals surface area contributed by atoms with Gasteiger partial charge in [0.05, 0.1) is 12.2 Å². The Morgan fingerprint density at radius 1 is 1.00 bits per heavy atom. The molecule has 1 fully saturated rings. The Morgan fingerprint density at radius 3 is 2.00 bits per heavy atom. The zero-order valence-electron chi connectivity index (χ0n) is 8.21. The summed E-state index contributed by atoms with van der Waals surface area (Å²) in [5.74, 6) is 0.125. The standard InChI is InChI=1S/C9H18O4/c1-4(2)9-8(12)7(11)6(10)5(3)13-9/h4-12H,1-3H3/t5-,6+,7-,8?,9-/m0/s1. The van der Waals surface area contributed by atoms with E-state index in [2.05, 4.69) is 0 Å². The Bertz CT molecular complexity index is 171. The molecule has 3 N–H and O–H groups in total. The molecular formula is C9H18O4. The number of hydrogen-bond donors (Lipinski definition) is 3. The predicted molar refractivity (Wildman–Crippen MR) is 47.2 cm³/mol. The molecule has 5 atom stereocenters. The van der Waals surface area contributed by atoms with Crippen LogP contribution in [0.2, 0.25) is 0 Å². The molecule has 1 heterocycles. The average molecular weight is 190 g/mol. The third-order valence-corrected chi connectivity index (χ3v) is 2.55. The van der Waals surface area contributed by atoms with Gasteiger partial charge in [0.25, 0.3) is 0 Å². The molecule has 0 saturated carbocycles. The average Bonchev–Trinajstić information content (AvgIpc) is 2.07. The Hall–Kier alpha value is -0.160. The lowest BCUT2D eigenvalue weighted by Crippen LogP contribution is -2.57. The van der Waals surface area contributed by atoms with Gasteiger partial charge >= 0.3 is 0 Å². The van der Waals surface area contributed by atoms with E-state index in [9.17, 15) is 15.3 Å². The Kier molecular flexibility index (Phi) is 3.29. The molecule has 78 valence electrons. The molecule has 4 heteroatoms. The molecule has 13 heavy (non-hydrogen) atoms. The molecule has 1 rings (SSSR count). The van der Waals surface area contributed by atoms with Gasteiger partial charge in [-0.3, -0.25) is 0 Å². The van der Waals surface area contributed by atoms with Crippen LogP contribution in [0.1, 0.15) is 20.8 Å². The largest absolute Gasteiger partial charge is 0.388 e. The molecule has 0 aromatic heterocycles. The van der Waals surface area contributed by atoms with E-state index < -0.39 is 30.5 Å². The Morgan fingerprint density at radius 2 is 1.54 bits per heavy atom. The summed E-state index contributed by atoms with van der Waals surface area (Å²) in [5.41, 5.74) is 0. The predicted octanol–water partition coefficient (Wildman–Crippen LogP) is -0.488. The van der Waals surface area contributed by atoms with Crippen LogP contribution in [0.25, 0.3) is 0 Å². The van der Waals surface area contributed by atoms with Gasteiger partial charge < -0.3 is 20.1 Å². The summed E-state index contributed by atoms with van der Waals surface area (Å²) in [5, 5.41) is 28.4. The van der Waals surface area contributed by atoms with Gasteiger partial charge in [-0.15, -0.1) is 0 Å². The highest BCUT2D eigenvalue weighted by Crippen LogP contribution is 2.25. The zero-order valence-corrected chi connectivity index (χ0v) is 8.21. The number of ether oxygens (including phenoxy) is 1. The van der Waals surface area contributed by atoms with Crippen molar-refractivity contribution in [3.05, 3.63) is 0 Å². The summed E-state index contributed by atoms with van der Waals surface area (Å²) in [6.45, 7) is 5.51. The molecule has 0 aliphatic carbocycles. The van der Waals surface area contributed by atoms with E-state index in [1.165, 1.54) is 0 Å². The summed E-state index contributed by atoms with van der Waals surface area (Å²) in [4.78, 5) is 0. The molecule has 0 amide bonds. The summed E-state index contributed by atoms with van der Waals surface area (Å²) in [7, 11) is 0. The van der Waals surface area contributed by atoms with Gasteiger partial charge in [0.2, 0.25) is 0 Å². The van der Waals surface area contributed by atoms with E-state index in [0.717, 1.165) is 0 Å². The molecule has 0 bridgehead atoms. The number of aliphatic hydroxyl groups excluding tert-OH is 3. The van der Waals surface area contributed by atoms with Gasteiger partial charge in [-0.25, -0.2) is 0 Å². The summed E-state index contributed by atoms with van der Waals surface area (Å²) in [6.07, 6.45) is -3.91. The maximum atomic E-state index is 9.56. The van der Waals surface area contributed by atoms with Crippen molar-refractivity contribution in [1.29, 1.82) is 0 Å². The van der Waals surface area contributed by atoms with Crippen LogP contribution in [0, 0.1) is 5.92 Å². The van der Waals surface area contributed by atoms with E-state index in [0.29, 0.717) is 0 Å². The molecule has 0 aromatic rings. The first kappa shape index (κ1) is 10.9. The fourth-order valence-corrected chi connectivity index (χ4v) is 1.63. The van der Waals surface area contributed by atoms with Gasteiger partial charge in [-0.2, -0.15) is 0 Å². The highest BCUT2D eigenvalue weighted by atomic mass is 16.5. The van der Waals surface area contributed by atoms with Gasteiger partial charge in [0.15, 0.2) is 0 Å². The minimum Gasteiger partial charge on any atom is -0.388 e.